The molecule has 0 bridgehead atoms. The molecule has 1 heterocycles. The van der Waals surface area contributed by atoms with E-state index in [2.05, 4.69) is 37.4 Å². The van der Waals surface area contributed by atoms with E-state index in [-0.39, 0.29) is 6.10 Å². The maximum Gasteiger partial charge on any atom is 0.173 e. The van der Waals surface area contributed by atoms with Gasteiger partial charge in [-0.2, -0.15) is 0 Å². The van der Waals surface area contributed by atoms with Crippen LogP contribution in [0.25, 0.3) is 0 Å². The lowest BCUT2D eigenvalue weighted by Gasteiger charge is -2.32. The smallest absolute Gasteiger partial charge is 0.173 e. The normalized spacial score (nSPS) is 19.7. The summed E-state index contributed by atoms with van der Waals surface area (Å²) in [6.07, 6.45) is 1.62. The SMILES string of the molecule is Cc1cc(C)cc(NC(=S)N2CCCC(O)C2)c1. The molecular weight excluding hydrogens is 244 g/mol. The quantitative estimate of drug-likeness (QED) is 0.764. The second-order valence-electron chi connectivity index (χ2n) is 5.05. The topological polar surface area (TPSA) is 35.5 Å². The highest BCUT2D eigenvalue weighted by Gasteiger charge is 2.19. The number of rotatable bonds is 1. The van der Waals surface area contributed by atoms with E-state index in [1.54, 1.807) is 0 Å². The van der Waals surface area contributed by atoms with E-state index >= 15 is 0 Å². The fourth-order valence-electron chi connectivity index (χ4n) is 2.39. The van der Waals surface area contributed by atoms with Crippen LogP contribution in [0.15, 0.2) is 18.2 Å². The second kappa shape index (κ2) is 5.67. The minimum absolute atomic E-state index is 0.252. The molecule has 1 aliphatic rings. The van der Waals surface area contributed by atoms with Gasteiger partial charge in [0.25, 0.3) is 0 Å². The number of nitrogens with zero attached hydrogens (tertiary/aromatic N) is 1. The van der Waals surface area contributed by atoms with Gasteiger partial charge in [-0.15, -0.1) is 0 Å². The van der Waals surface area contributed by atoms with Gasteiger partial charge in [0.2, 0.25) is 0 Å². The highest BCUT2D eigenvalue weighted by Crippen LogP contribution is 2.16. The maximum absolute atomic E-state index is 9.65. The molecule has 18 heavy (non-hydrogen) atoms. The zero-order chi connectivity index (χ0) is 13.1. The van der Waals surface area contributed by atoms with Crippen molar-refractivity contribution < 1.29 is 5.11 Å². The summed E-state index contributed by atoms with van der Waals surface area (Å²) < 4.78 is 0. The van der Waals surface area contributed by atoms with Crippen LogP contribution >= 0.6 is 12.2 Å². The van der Waals surface area contributed by atoms with Gasteiger partial charge < -0.3 is 15.3 Å². The molecule has 0 radical (unpaired) electrons. The predicted molar refractivity (Wildman–Crippen MR) is 79.0 cm³/mol. The Morgan fingerprint density at radius 3 is 2.61 bits per heavy atom. The van der Waals surface area contributed by atoms with Crippen molar-refractivity contribution in [1.29, 1.82) is 0 Å². The molecule has 1 unspecified atom stereocenters. The van der Waals surface area contributed by atoms with Crippen LogP contribution in [0.5, 0.6) is 0 Å². The van der Waals surface area contributed by atoms with Crippen LogP contribution in [0.3, 0.4) is 0 Å². The van der Waals surface area contributed by atoms with Gasteiger partial charge in [-0.3, -0.25) is 0 Å². The number of likely N-dealkylation sites (tertiary alicyclic amines) is 1. The van der Waals surface area contributed by atoms with E-state index in [1.165, 1.54) is 11.1 Å². The van der Waals surface area contributed by atoms with Crippen LogP contribution in [0.4, 0.5) is 5.69 Å². The lowest BCUT2D eigenvalue weighted by atomic mass is 10.1. The third kappa shape index (κ3) is 3.43. The van der Waals surface area contributed by atoms with E-state index in [4.69, 9.17) is 12.2 Å². The van der Waals surface area contributed by atoms with Gasteiger partial charge in [-0.25, -0.2) is 0 Å². The molecule has 1 aliphatic heterocycles. The minimum Gasteiger partial charge on any atom is -0.391 e. The van der Waals surface area contributed by atoms with Crippen LogP contribution in [0, 0.1) is 13.8 Å². The molecule has 0 aliphatic carbocycles. The lowest BCUT2D eigenvalue weighted by Crippen LogP contribution is -2.44. The third-order valence-electron chi connectivity index (χ3n) is 3.16. The first kappa shape index (κ1) is 13.3. The number of benzene rings is 1. The largest absolute Gasteiger partial charge is 0.391 e. The predicted octanol–water partition coefficient (Wildman–Crippen LogP) is 2.46. The van der Waals surface area contributed by atoms with Crippen molar-refractivity contribution in [1.82, 2.24) is 4.90 Å². The van der Waals surface area contributed by atoms with Gasteiger partial charge in [0.05, 0.1) is 6.10 Å². The van der Waals surface area contributed by atoms with Crippen molar-refractivity contribution in [3.05, 3.63) is 29.3 Å². The first-order valence-electron chi connectivity index (χ1n) is 6.37. The Morgan fingerprint density at radius 2 is 2.00 bits per heavy atom. The van der Waals surface area contributed by atoms with Gasteiger partial charge >= 0.3 is 0 Å². The Kier molecular flexibility index (Phi) is 4.19. The van der Waals surface area contributed by atoms with Crippen molar-refractivity contribution in [2.75, 3.05) is 18.4 Å². The molecular formula is C14H20N2OS. The molecule has 1 saturated heterocycles. The number of aliphatic hydroxyl groups is 1. The fourth-order valence-corrected chi connectivity index (χ4v) is 2.67. The number of thiocarbonyl (C=S) groups is 1. The summed E-state index contributed by atoms with van der Waals surface area (Å²) in [5.74, 6) is 0. The summed E-state index contributed by atoms with van der Waals surface area (Å²) >= 11 is 5.40. The lowest BCUT2D eigenvalue weighted by molar-refractivity contribution is 0.104. The van der Waals surface area contributed by atoms with Gasteiger partial charge in [0.15, 0.2) is 5.11 Å². The summed E-state index contributed by atoms with van der Waals surface area (Å²) in [4.78, 5) is 2.04. The van der Waals surface area contributed by atoms with Crippen molar-refractivity contribution in [2.45, 2.75) is 32.8 Å². The third-order valence-corrected chi connectivity index (χ3v) is 3.52. The Labute approximate surface area is 114 Å². The summed E-state index contributed by atoms with van der Waals surface area (Å²) in [7, 11) is 0. The summed E-state index contributed by atoms with van der Waals surface area (Å²) in [5, 5.41) is 13.6. The van der Waals surface area contributed by atoms with Crippen molar-refractivity contribution >= 4 is 23.0 Å². The van der Waals surface area contributed by atoms with Gasteiger partial charge in [-0.05, 0) is 62.2 Å². The molecule has 1 fully saturated rings. The number of β-amino-alcohol motifs (C(OH)–C–C–N with tert-alkyl or cyclic N) is 1. The average molecular weight is 264 g/mol. The van der Waals surface area contributed by atoms with Crippen LogP contribution in [-0.2, 0) is 0 Å². The van der Waals surface area contributed by atoms with Gasteiger partial charge in [0, 0.05) is 18.8 Å². The standard InChI is InChI=1S/C14H20N2OS/c1-10-6-11(2)8-12(7-10)15-14(18)16-5-3-4-13(17)9-16/h6-8,13,17H,3-5,9H2,1-2H3,(H,15,18). The molecule has 3 nitrogen and oxygen atoms in total. The fraction of sp³-hybridized carbons (Fsp3) is 0.500. The average Bonchev–Trinajstić information content (AvgIpc) is 2.27. The molecule has 1 atom stereocenters. The second-order valence-corrected chi connectivity index (χ2v) is 5.44. The monoisotopic (exact) mass is 264 g/mol. The molecule has 0 aromatic heterocycles. The first-order valence-corrected chi connectivity index (χ1v) is 6.78. The zero-order valence-corrected chi connectivity index (χ0v) is 11.8. The Bertz CT molecular complexity index is 427. The Morgan fingerprint density at radius 1 is 1.33 bits per heavy atom. The van der Waals surface area contributed by atoms with E-state index in [0.29, 0.717) is 11.7 Å². The number of nitrogens with one attached hydrogen (secondary N) is 1. The number of piperidine rings is 1. The molecule has 0 amide bonds. The molecule has 4 heteroatoms. The highest BCUT2D eigenvalue weighted by molar-refractivity contribution is 7.80. The minimum atomic E-state index is -0.252. The first-order chi connectivity index (χ1) is 8.54. The van der Waals surface area contributed by atoms with Gasteiger partial charge in [0.1, 0.15) is 0 Å². The van der Waals surface area contributed by atoms with E-state index < -0.39 is 0 Å². The number of aliphatic hydroxyl groups excluding tert-OH is 1. The Balaban J connectivity index is 2.02. The van der Waals surface area contributed by atoms with Crippen molar-refractivity contribution in [3.63, 3.8) is 0 Å². The number of aryl methyl sites for hydroxylation is 2. The molecule has 0 spiro atoms. The number of anilines is 1. The summed E-state index contributed by atoms with van der Waals surface area (Å²) in [6.45, 7) is 5.71. The molecule has 0 saturated carbocycles. The van der Waals surface area contributed by atoms with Crippen molar-refractivity contribution in [2.24, 2.45) is 0 Å². The van der Waals surface area contributed by atoms with E-state index in [9.17, 15) is 5.11 Å². The van der Waals surface area contributed by atoms with E-state index in [1.807, 2.05) is 4.90 Å². The molecule has 1 aromatic rings. The van der Waals surface area contributed by atoms with Crippen LogP contribution < -0.4 is 5.32 Å². The Hall–Kier alpha value is -1.13. The van der Waals surface area contributed by atoms with Crippen LogP contribution in [0.2, 0.25) is 0 Å². The van der Waals surface area contributed by atoms with Crippen molar-refractivity contribution in [3.8, 4) is 0 Å². The number of hydrogen-bond acceptors (Lipinski definition) is 2. The van der Waals surface area contributed by atoms with Crippen LogP contribution in [-0.4, -0.2) is 34.3 Å². The molecule has 1 aromatic carbocycles. The van der Waals surface area contributed by atoms with Crippen LogP contribution in [0.1, 0.15) is 24.0 Å². The van der Waals surface area contributed by atoms with Gasteiger partial charge in [-0.1, -0.05) is 6.07 Å². The summed E-state index contributed by atoms with van der Waals surface area (Å²) in [5.41, 5.74) is 3.47. The van der Waals surface area contributed by atoms with E-state index in [0.717, 1.165) is 25.1 Å². The molecule has 98 valence electrons. The highest BCUT2D eigenvalue weighted by atomic mass is 32.1. The maximum atomic E-state index is 9.65. The number of hydrogen-bond donors (Lipinski definition) is 2. The molecule has 2 rings (SSSR count). The molecule has 2 N–H and O–H groups in total. The summed E-state index contributed by atoms with van der Waals surface area (Å²) in [6, 6.07) is 6.30. The zero-order valence-electron chi connectivity index (χ0n) is 10.9.